The molecule has 1 amide bonds. The van der Waals surface area contributed by atoms with E-state index in [1.165, 1.54) is 4.88 Å². The summed E-state index contributed by atoms with van der Waals surface area (Å²) in [5.41, 5.74) is 2.73. The molecule has 2 N–H and O–H groups in total. The van der Waals surface area contributed by atoms with Gasteiger partial charge in [-0.2, -0.15) is 0 Å². The predicted molar refractivity (Wildman–Crippen MR) is 149 cm³/mol. The Hall–Kier alpha value is -3.62. The molecular formula is C28H32N6OS. The Balaban J connectivity index is 1.64. The molecule has 0 saturated carbocycles. The molecule has 2 aromatic heterocycles. The smallest absolute Gasteiger partial charge is 0.274 e. The van der Waals surface area contributed by atoms with Crippen LogP contribution in [0.2, 0.25) is 0 Å². The van der Waals surface area contributed by atoms with Crippen molar-refractivity contribution in [3.8, 4) is 22.0 Å². The summed E-state index contributed by atoms with van der Waals surface area (Å²) >= 11 is 1.64. The van der Waals surface area contributed by atoms with E-state index in [9.17, 15) is 4.79 Å². The number of benzene rings is 2. The maximum Gasteiger partial charge on any atom is 0.274 e. The minimum Gasteiger partial charge on any atom is -0.369 e. The normalized spacial score (nSPS) is 11.5. The molecule has 0 aliphatic carbocycles. The van der Waals surface area contributed by atoms with Gasteiger partial charge >= 0.3 is 0 Å². The lowest BCUT2D eigenvalue weighted by Crippen LogP contribution is -2.22. The minimum atomic E-state index is -0.301. The second kappa shape index (κ2) is 11.0. The van der Waals surface area contributed by atoms with Crippen LogP contribution in [0.3, 0.4) is 0 Å². The highest BCUT2D eigenvalue weighted by Gasteiger charge is 2.20. The van der Waals surface area contributed by atoms with Crippen LogP contribution in [0.1, 0.15) is 36.1 Å². The molecule has 0 atom stereocenters. The molecule has 0 fully saturated rings. The van der Waals surface area contributed by atoms with Gasteiger partial charge in [-0.15, -0.1) is 11.3 Å². The van der Waals surface area contributed by atoms with Crippen molar-refractivity contribution in [2.75, 3.05) is 37.8 Å². The number of thiazole rings is 1. The van der Waals surface area contributed by atoms with Gasteiger partial charge in [0, 0.05) is 41.4 Å². The zero-order valence-corrected chi connectivity index (χ0v) is 22.2. The molecule has 0 radical (unpaired) electrons. The molecule has 4 rings (SSSR count). The Labute approximate surface area is 216 Å². The Bertz CT molecular complexity index is 1330. The number of aromatic nitrogens is 3. The quantitative estimate of drug-likeness (QED) is 0.319. The molecule has 2 heterocycles. The molecular weight excluding hydrogens is 468 g/mol. The van der Waals surface area contributed by atoms with Crippen molar-refractivity contribution in [1.82, 2.24) is 19.9 Å². The molecule has 4 aromatic rings. The Morgan fingerprint density at radius 2 is 1.72 bits per heavy atom. The minimum absolute atomic E-state index is 0.0128. The number of amides is 1. The molecule has 0 spiro atoms. The van der Waals surface area contributed by atoms with Crippen LogP contribution in [-0.4, -0.2) is 52.9 Å². The molecule has 8 heteroatoms. The van der Waals surface area contributed by atoms with Gasteiger partial charge in [-0.25, -0.2) is 15.0 Å². The molecule has 0 saturated heterocycles. The van der Waals surface area contributed by atoms with Crippen molar-refractivity contribution in [1.29, 1.82) is 0 Å². The fourth-order valence-corrected chi connectivity index (χ4v) is 4.50. The molecule has 0 unspecified atom stereocenters. The zero-order chi connectivity index (χ0) is 25.7. The lowest BCUT2D eigenvalue weighted by atomic mass is 9.96. The highest BCUT2D eigenvalue weighted by atomic mass is 32.1. The van der Waals surface area contributed by atoms with E-state index in [2.05, 4.69) is 51.3 Å². The second-order valence-corrected chi connectivity index (χ2v) is 10.9. The Morgan fingerprint density at radius 1 is 1.00 bits per heavy atom. The Kier molecular flexibility index (Phi) is 7.76. The molecule has 2 aromatic carbocycles. The van der Waals surface area contributed by atoms with Gasteiger partial charge in [0.1, 0.15) is 16.5 Å². The third kappa shape index (κ3) is 6.33. The number of carbonyl (C=O) groups excluding carboxylic acids is 1. The number of para-hydroxylation sites is 1. The van der Waals surface area contributed by atoms with E-state index in [0.29, 0.717) is 29.6 Å². The van der Waals surface area contributed by atoms with Gasteiger partial charge in [-0.3, -0.25) is 4.79 Å². The summed E-state index contributed by atoms with van der Waals surface area (Å²) < 4.78 is 0. The summed E-state index contributed by atoms with van der Waals surface area (Å²) in [5, 5.41) is 7.24. The molecule has 0 bridgehead atoms. The standard InChI is InChI=1S/C28H32N6OS/c1-28(2,3)23-18-30-27(36-23)20-13-9-10-14-21(20)32-26(35)22-17-24(29-15-16-34(4)5)33-25(31-22)19-11-7-6-8-12-19/h6-14,17-18H,15-16H2,1-5H3,(H,32,35)(H,29,31,33). The van der Waals surface area contributed by atoms with Crippen molar-refractivity contribution in [3.05, 3.63) is 77.4 Å². The highest BCUT2D eigenvalue weighted by molar-refractivity contribution is 7.15. The van der Waals surface area contributed by atoms with Crippen LogP contribution in [0, 0.1) is 0 Å². The Morgan fingerprint density at radius 3 is 2.42 bits per heavy atom. The van der Waals surface area contributed by atoms with Crippen molar-refractivity contribution < 1.29 is 4.79 Å². The van der Waals surface area contributed by atoms with Gasteiger partial charge in [0.25, 0.3) is 5.91 Å². The average molecular weight is 501 g/mol. The largest absolute Gasteiger partial charge is 0.369 e. The highest BCUT2D eigenvalue weighted by Crippen LogP contribution is 2.36. The number of likely N-dealkylation sites (N-methyl/N-ethyl adjacent to an activating group) is 1. The second-order valence-electron chi connectivity index (χ2n) is 9.84. The molecule has 0 aliphatic rings. The zero-order valence-electron chi connectivity index (χ0n) is 21.4. The topological polar surface area (TPSA) is 83.0 Å². The first-order valence-electron chi connectivity index (χ1n) is 11.9. The number of hydrogen-bond donors (Lipinski definition) is 2. The van der Waals surface area contributed by atoms with Crippen LogP contribution in [0.25, 0.3) is 22.0 Å². The summed E-state index contributed by atoms with van der Waals surface area (Å²) in [6, 6.07) is 19.1. The summed E-state index contributed by atoms with van der Waals surface area (Å²) in [4.78, 5) is 30.6. The lowest BCUT2D eigenvalue weighted by molar-refractivity contribution is 0.102. The number of hydrogen-bond acceptors (Lipinski definition) is 7. The van der Waals surface area contributed by atoms with Crippen LogP contribution in [0.4, 0.5) is 11.5 Å². The van der Waals surface area contributed by atoms with Gasteiger partial charge in [-0.1, -0.05) is 63.2 Å². The molecule has 7 nitrogen and oxygen atoms in total. The van der Waals surface area contributed by atoms with E-state index >= 15 is 0 Å². The van der Waals surface area contributed by atoms with E-state index in [-0.39, 0.29) is 11.3 Å². The van der Waals surface area contributed by atoms with Crippen LogP contribution < -0.4 is 10.6 Å². The van der Waals surface area contributed by atoms with E-state index < -0.39 is 0 Å². The fraction of sp³-hybridized carbons (Fsp3) is 0.286. The van der Waals surface area contributed by atoms with Crippen molar-refractivity contribution in [2.45, 2.75) is 26.2 Å². The average Bonchev–Trinajstić information content (AvgIpc) is 3.35. The maximum atomic E-state index is 13.4. The van der Waals surface area contributed by atoms with Crippen molar-refractivity contribution in [2.24, 2.45) is 0 Å². The third-order valence-electron chi connectivity index (χ3n) is 5.51. The predicted octanol–water partition coefficient (Wildman–Crippen LogP) is 5.79. The van der Waals surface area contributed by atoms with Crippen LogP contribution in [0.15, 0.2) is 66.9 Å². The summed E-state index contributed by atoms with van der Waals surface area (Å²) in [6.07, 6.45) is 1.92. The summed E-state index contributed by atoms with van der Waals surface area (Å²) in [6.45, 7) is 8.04. The van der Waals surface area contributed by atoms with Crippen LogP contribution >= 0.6 is 11.3 Å². The summed E-state index contributed by atoms with van der Waals surface area (Å²) in [5.74, 6) is 0.808. The van der Waals surface area contributed by atoms with E-state index in [4.69, 9.17) is 0 Å². The SMILES string of the molecule is CN(C)CCNc1cc(C(=O)Nc2ccccc2-c2ncc(C(C)(C)C)s2)nc(-c2ccccc2)n1. The number of nitrogens with one attached hydrogen (secondary N) is 2. The van der Waals surface area contributed by atoms with E-state index in [0.717, 1.165) is 22.7 Å². The molecule has 36 heavy (non-hydrogen) atoms. The number of carbonyl (C=O) groups is 1. The maximum absolute atomic E-state index is 13.4. The van der Waals surface area contributed by atoms with Gasteiger partial charge < -0.3 is 15.5 Å². The molecule has 0 aliphatic heterocycles. The van der Waals surface area contributed by atoms with Crippen molar-refractivity contribution in [3.63, 3.8) is 0 Å². The first-order chi connectivity index (χ1) is 17.2. The number of rotatable bonds is 8. The molecule has 186 valence electrons. The van der Waals surface area contributed by atoms with Gasteiger partial charge in [0.15, 0.2) is 5.82 Å². The van der Waals surface area contributed by atoms with Crippen molar-refractivity contribution >= 4 is 28.7 Å². The van der Waals surface area contributed by atoms with E-state index in [1.807, 2.05) is 74.9 Å². The first kappa shape index (κ1) is 25.5. The monoisotopic (exact) mass is 500 g/mol. The van der Waals surface area contributed by atoms with Crippen LogP contribution in [0.5, 0.6) is 0 Å². The van der Waals surface area contributed by atoms with E-state index in [1.54, 1.807) is 17.4 Å². The number of nitrogens with zero attached hydrogens (tertiary/aromatic N) is 4. The van der Waals surface area contributed by atoms with Crippen LogP contribution in [-0.2, 0) is 5.41 Å². The first-order valence-corrected chi connectivity index (χ1v) is 12.7. The lowest BCUT2D eigenvalue weighted by Gasteiger charge is -2.14. The van der Waals surface area contributed by atoms with Gasteiger partial charge in [0.05, 0.1) is 5.69 Å². The fourth-order valence-electron chi connectivity index (χ4n) is 3.49. The van der Waals surface area contributed by atoms with Gasteiger partial charge in [-0.05, 0) is 31.6 Å². The van der Waals surface area contributed by atoms with Gasteiger partial charge in [0.2, 0.25) is 0 Å². The third-order valence-corrected chi connectivity index (χ3v) is 6.96. The summed E-state index contributed by atoms with van der Waals surface area (Å²) in [7, 11) is 4.03. The number of anilines is 2.